The molecule has 6 heterocycles. The quantitative estimate of drug-likeness (QED) is 0.136. The van der Waals surface area contributed by atoms with E-state index in [-0.39, 0.29) is 0 Å². The standard InChI is InChI=1S/C32H8Cl8N8.Sn/c33-9-1-2-10(34)18-17(9)25-41-26(18)46-28-21-13(37)5-6-14(38)22(21)30(43-28)48-32-24-16(40)8-7-15(39)23(24)31(44-32)47-29-20-12(36)4-3-11(35)19(20)27(42-29)45-25;/h1-8H;/q-2;+2. The minimum absolute atomic E-state index is 0.295. The number of hydrogen-bond acceptors (Lipinski definition) is 6. The fourth-order valence-corrected chi connectivity index (χ4v) is 11.9. The Morgan fingerprint density at radius 2 is 0.653 bits per heavy atom. The molecule has 17 heteroatoms. The van der Waals surface area contributed by atoms with E-state index in [2.05, 4.69) is 0 Å². The van der Waals surface area contributed by atoms with Crippen LogP contribution in [0, 0.1) is 0 Å². The van der Waals surface area contributed by atoms with Gasteiger partial charge in [0.25, 0.3) is 0 Å². The van der Waals surface area contributed by atoms with Crippen LogP contribution in [0.4, 0.5) is 11.6 Å². The molecule has 6 bridgehead atoms. The van der Waals surface area contributed by atoms with E-state index in [1.54, 1.807) is 48.5 Å². The van der Waals surface area contributed by atoms with Crippen LogP contribution in [0.3, 0.4) is 0 Å². The van der Waals surface area contributed by atoms with Crippen molar-refractivity contribution in [2.75, 3.05) is 0 Å². The first-order valence-corrected chi connectivity index (χ1v) is 19.8. The van der Waals surface area contributed by atoms with Gasteiger partial charge in [0.05, 0.1) is 0 Å². The summed E-state index contributed by atoms with van der Waals surface area (Å²) in [4.78, 5) is 30.4. The molecule has 0 saturated heterocycles. The molecule has 0 N–H and O–H groups in total. The number of aliphatic imine (C=N–C) groups is 4. The summed E-state index contributed by atoms with van der Waals surface area (Å²) in [6, 6.07) is 13.7. The minimum atomic E-state index is -2.23. The van der Waals surface area contributed by atoms with Crippen molar-refractivity contribution in [2.24, 2.45) is 30.0 Å². The molecule has 0 atom stereocenters. The van der Waals surface area contributed by atoms with Gasteiger partial charge in [-0.3, -0.25) is 0 Å². The Hall–Kier alpha value is -2.64. The van der Waals surface area contributed by atoms with E-state index in [1.807, 2.05) is 5.58 Å². The van der Waals surface area contributed by atoms with E-state index in [0.717, 1.165) is 0 Å². The van der Waals surface area contributed by atoms with Gasteiger partial charge in [0, 0.05) is 0 Å². The first kappa shape index (κ1) is 31.1. The summed E-state index contributed by atoms with van der Waals surface area (Å²) in [7, 11) is 0. The second-order valence-electron chi connectivity index (χ2n) is 11.1. The van der Waals surface area contributed by atoms with Crippen molar-refractivity contribution >= 4 is 171 Å². The molecule has 10 rings (SSSR count). The number of halogens is 8. The van der Waals surface area contributed by atoms with Crippen LogP contribution >= 0.6 is 92.8 Å². The molecule has 0 saturated carbocycles. The second kappa shape index (κ2) is 10.9. The fraction of sp³-hybridized carbons (Fsp3) is 0. The van der Waals surface area contributed by atoms with Crippen molar-refractivity contribution in [1.29, 1.82) is 0 Å². The van der Waals surface area contributed by atoms with Crippen molar-refractivity contribution in [2.45, 2.75) is 0 Å². The number of benzene rings is 4. The van der Waals surface area contributed by atoms with E-state index in [1.165, 1.54) is 0 Å². The Balaban J connectivity index is 1.52. The maximum absolute atomic E-state index is 7.00. The van der Waals surface area contributed by atoms with E-state index >= 15 is 0 Å². The van der Waals surface area contributed by atoms with Gasteiger partial charge < -0.3 is 0 Å². The zero-order valence-corrected chi connectivity index (χ0v) is 32.6. The first-order valence-electron chi connectivity index (χ1n) is 14.2. The third-order valence-electron chi connectivity index (χ3n) is 8.52. The molecule has 6 aromatic rings. The first-order chi connectivity index (χ1) is 23.6. The Labute approximate surface area is 325 Å². The summed E-state index contributed by atoms with van der Waals surface area (Å²) in [5.74, 6) is 2.10. The second-order valence-corrected chi connectivity index (χ2v) is 17.5. The van der Waals surface area contributed by atoms with Gasteiger partial charge >= 0.3 is 328 Å². The number of aromatic nitrogens is 2. The van der Waals surface area contributed by atoms with E-state index < -0.39 is 21.7 Å². The number of nitrogens with zero attached hydrogens (tertiary/aromatic N) is 8. The molecular weight excluding hydrogens is 899 g/mol. The van der Waals surface area contributed by atoms with Crippen LogP contribution in [0.15, 0.2) is 78.5 Å². The summed E-state index contributed by atoms with van der Waals surface area (Å²) in [6.45, 7) is 0. The third kappa shape index (κ3) is 4.27. The van der Waals surface area contributed by atoms with Crippen molar-refractivity contribution in [3.05, 3.63) is 122 Å². The van der Waals surface area contributed by atoms with Crippen LogP contribution in [0.25, 0.3) is 21.5 Å². The molecule has 0 fully saturated rings. The van der Waals surface area contributed by atoms with Crippen LogP contribution in [0.2, 0.25) is 40.2 Å². The summed E-state index contributed by atoms with van der Waals surface area (Å²) in [6.07, 6.45) is 0. The van der Waals surface area contributed by atoms with Crippen molar-refractivity contribution < 1.29 is 0 Å². The van der Waals surface area contributed by atoms with Crippen LogP contribution < -0.4 is 11.0 Å². The van der Waals surface area contributed by atoms with Crippen LogP contribution in [0.1, 0.15) is 22.3 Å². The SMILES string of the molecule is Clc1ccc(Cl)c2c1C1=NC2=Nc2c3c(Cl)ccc(Cl)c3c3[n]2[Sn][n]2c(c4c(Cl)ccc(Cl)c4c2=NC2=NC(=N3)c3c(Cl)ccc(Cl)c32)=N1. The average Bonchev–Trinajstić information content (AvgIpc) is 3.79. The van der Waals surface area contributed by atoms with Gasteiger partial charge in [0.2, 0.25) is 0 Å². The molecule has 0 spiro atoms. The molecule has 0 amide bonds. The molecule has 236 valence electrons. The van der Waals surface area contributed by atoms with Crippen molar-refractivity contribution in [3.63, 3.8) is 0 Å². The Morgan fingerprint density at radius 3 is 1.02 bits per heavy atom. The molecular formula is C32H8Cl8N8Sn. The third-order valence-corrected chi connectivity index (χ3v) is 14.6. The van der Waals surface area contributed by atoms with Gasteiger partial charge in [-0.25, -0.2) is 0 Å². The molecule has 4 aliphatic heterocycles. The molecule has 8 nitrogen and oxygen atoms in total. The fourth-order valence-electron chi connectivity index (χ4n) is 6.47. The number of amidine groups is 4. The van der Waals surface area contributed by atoms with Gasteiger partial charge in [0.15, 0.2) is 0 Å². The molecule has 4 aromatic carbocycles. The van der Waals surface area contributed by atoms with Crippen molar-refractivity contribution in [3.8, 4) is 0 Å². The van der Waals surface area contributed by atoms with Crippen LogP contribution in [0.5, 0.6) is 0 Å². The predicted octanol–water partition coefficient (Wildman–Crippen LogP) is 9.70. The molecule has 0 aliphatic carbocycles. The zero-order valence-electron chi connectivity index (χ0n) is 23.7. The number of fused-ring (bicyclic) bond motifs is 14. The predicted molar refractivity (Wildman–Crippen MR) is 201 cm³/mol. The molecule has 4 aliphatic rings. The van der Waals surface area contributed by atoms with E-state index in [9.17, 15) is 0 Å². The van der Waals surface area contributed by atoms with Gasteiger partial charge in [-0.1, -0.05) is 0 Å². The Bertz CT molecular complexity index is 2710. The molecule has 0 unspecified atom stereocenters. The zero-order chi connectivity index (χ0) is 33.6. The molecule has 2 aromatic heterocycles. The van der Waals surface area contributed by atoms with Crippen molar-refractivity contribution in [1.82, 2.24) is 5.58 Å². The van der Waals surface area contributed by atoms with E-state index in [4.69, 9.17) is 123 Å². The summed E-state index contributed by atoms with van der Waals surface area (Å²) in [5.41, 5.74) is 3.01. The van der Waals surface area contributed by atoms with E-state index in [0.29, 0.717) is 130 Å². The van der Waals surface area contributed by atoms with Gasteiger partial charge in [0.1, 0.15) is 0 Å². The van der Waals surface area contributed by atoms with Gasteiger partial charge in [-0.15, -0.1) is 0 Å². The van der Waals surface area contributed by atoms with Crippen LogP contribution in [-0.4, -0.2) is 50.6 Å². The molecule has 49 heavy (non-hydrogen) atoms. The Morgan fingerprint density at radius 1 is 0.347 bits per heavy atom. The van der Waals surface area contributed by atoms with Gasteiger partial charge in [-0.2, -0.15) is 0 Å². The van der Waals surface area contributed by atoms with Crippen LogP contribution in [-0.2, 0) is 0 Å². The Kier molecular flexibility index (Phi) is 6.94. The maximum atomic E-state index is 7.00. The summed E-state index contributed by atoms with van der Waals surface area (Å²) >= 11 is 53.1. The summed E-state index contributed by atoms with van der Waals surface area (Å²) in [5, 5.41) is 5.44. The molecule has 2 radical (unpaired) electrons. The monoisotopic (exact) mass is 904 g/mol. The van der Waals surface area contributed by atoms with Gasteiger partial charge in [-0.05, 0) is 0 Å². The normalized spacial score (nSPS) is 15.3. The summed E-state index contributed by atoms with van der Waals surface area (Å²) < 4.78 is 4.02. The number of hydrogen-bond donors (Lipinski definition) is 0. The average molecular weight is 907 g/mol. The number of rotatable bonds is 0. The topological polar surface area (TPSA) is 84.0 Å².